The summed E-state index contributed by atoms with van der Waals surface area (Å²) in [5.41, 5.74) is 0.0649. The molecule has 0 aromatic carbocycles. The first-order valence-corrected chi connectivity index (χ1v) is 12.6. The molecule has 1 heterocycles. The fourth-order valence-electron chi connectivity index (χ4n) is 8.70. The van der Waals surface area contributed by atoms with Crippen LogP contribution in [-0.2, 0) is 11.3 Å². The summed E-state index contributed by atoms with van der Waals surface area (Å²) in [4.78, 5) is 0. The van der Waals surface area contributed by atoms with E-state index < -0.39 is 5.60 Å². The average Bonchev–Trinajstić information content (AvgIpc) is 3.37. The third-order valence-corrected chi connectivity index (χ3v) is 10.3. The molecule has 1 N–H and O–H groups in total. The second-order valence-electron chi connectivity index (χ2n) is 11.4. The minimum atomic E-state index is -0.465. The van der Waals surface area contributed by atoms with Crippen molar-refractivity contribution in [2.75, 3.05) is 13.7 Å². The van der Waals surface area contributed by atoms with Crippen LogP contribution in [0.3, 0.4) is 0 Å². The lowest BCUT2D eigenvalue weighted by Crippen LogP contribution is -2.51. The van der Waals surface area contributed by atoms with Crippen molar-refractivity contribution in [2.24, 2.45) is 40.9 Å². The normalized spacial score (nSPS) is 45.6. The zero-order valence-corrected chi connectivity index (χ0v) is 19.0. The fourth-order valence-corrected chi connectivity index (χ4v) is 8.70. The number of aromatic nitrogens is 3. The molecule has 4 fully saturated rings. The van der Waals surface area contributed by atoms with Gasteiger partial charge in [0.1, 0.15) is 0 Å². The van der Waals surface area contributed by atoms with Gasteiger partial charge in [-0.3, -0.25) is 4.68 Å². The summed E-state index contributed by atoms with van der Waals surface area (Å²) in [5.74, 6) is 5.23. The summed E-state index contributed by atoms with van der Waals surface area (Å²) in [6, 6.07) is 0. The maximum atomic E-state index is 11.1. The first kappa shape index (κ1) is 20.9. The van der Waals surface area contributed by atoms with E-state index in [1.165, 1.54) is 51.4 Å². The van der Waals surface area contributed by atoms with E-state index in [1.807, 2.05) is 10.9 Å². The first-order valence-electron chi connectivity index (χ1n) is 12.6. The van der Waals surface area contributed by atoms with Crippen molar-refractivity contribution in [3.63, 3.8) is 0 Å². The summed E-state index contributed by atoms with van der Waals surface area (Å²) in [5, 5.41) is 19.3. The van der Waals surface area contributed by atoms with E-state index in [2.05, 4.69) is 17.2 Å². The van der Waals surface area contributed by atoms with Crippen LogP contribution in [0, 0.1) is 40.9 Å². The SMILES string of the molecule is COCC[C@@]1(O)CC[C@H]2[C@@H](CC[C@@H]3[C@@H]2CC[C@]2(C)[C@@H](CCn4ccnn4)CC[C@@H]32)C1. The number of hydrogen-bond donors (Lipinski definition) is 1. The van der Waals surface area contributed by atoms with Gasteiger partial charge in [-0.05, 0) is 112 Å². The number of nitrogens with zero attached hydrogens (tertiary/aromatic N) is 3. The lowest BCUT2D eigenvalue weighted by atomic mass is 9.49. The predicted molar refractivity (Wildman–Crippen MR) is 117 cm³/mol. The molecule has 5 rings (SSSR count). The standard InChI is InChI=1S/C25H41N3O2/c1-24-10-7-21-20-8-11-25(29,12-16-30-2)17-18(20)3-5-22(21)23(24)6-4-19(24)9-14-28-15-13-26-27-28/h13,15,18-23,29H,3-12,14,16-17H2,1-2H3/t18-,19+,20-,21+,22+,23-,24+,25-/m0/s1. The van der Waals surface area contributed by atoms with Gasteiger partial charge in [-0.2, -0.15) is 0 Å². The van der Waals surface area contributed by atoms with Crippen LogP contribution in [0.4, 0.5) is 0 Å². The number of aryl methyl sites for hydroxylation is 1. The van der Waals surface area contributed by atoms with Crippen LogP contribution < -0.4 is 0 Å². The van der Waals surface area contributed by atoms with Crippen molar-refractivity contribution >= 4 is 0 Å². The molecular weight excluding hydrogens is 374 g/mol. The summed E-state index contributed by atoms with van der Waals surface area (Å²) in [6.07, 6.45) is 17.6. The van der Waals surface area contributed by atoms with Gasteiger partial charge in [-0.25, -0.2) is 0 Å². The molecule has 168 valence electrons. The van der Waals surface area contributed by atoms with Gasteiger partial charge in [0.25, 0.3) is 0 Å². The highest BCUT2D eigenvalue weighted by molar-refractivity contribution is 5.07. The Kier molecular flexibility index (Phi) is 5.72. The second-order valence-corrected chi connectivity index (χ2v) is 11.4. The van der Waals surface area contributed by atoms with Crippen molar-refractivity contribution in [1.82, 2.24) is 15.0 Å². The summed E-state index contributed by atoms with van der Waals surface area (Å²) < 4.78 is 7.29. The number of hydrogen-bond acceptors (Lipinski definition) is 4. The average molecular weight is 416 g/mol. The van der Waals surface area contributed by atoms with Crippen LogP contribution in [-0.4, -0.2) is 39.4 Å². The molecule has 1 aromatic rings. The largest absolute Gasteiger partial charge is 0.390 e. The van der Waals surface area contributed by atoms with Crippen LogP contribution in [0.5, 0.6) is 0 Å². The highest BCUT2D eigenvalue weighted by atomic mass is 16.5. The van der Waals surface area contributed by atoms with E-state index in [0.29, 0.717) is 12.0 Å². The fraction of sp³-hybridized carbons (Fsp3) is 0.920. The van der Waals surface area contributed by atoms with E-state index in [1.54, 1.807) is 13.3 Å². The molecule has 4 aliphatic carbocycles. The van der Waals surface area contributed by atoms with Crippen LogP contribution in [0.15, 0.2) is 12.4 Å². The van der Waals surface area contributed by atoms with Gasteiger partial charge in [0.15, 0.2) is 0 Å². The van der Waals surface area contributed by atoms with Gasteiger partial charge in [-0.15, -0.1) is 5.10 Å². The quantitative estimate of drug-likeness (QED) is 0.731. The Balaban J connectivity index is 1.24. The van der Waals surface area contributed by atoms with Crippen LogP contribution in [0.1, 0.15) is 77.6 Å². The molecule has 1 aromatic heterocycles. The molecule has 4 aliphatic rings. The third kappa shape index (κ3) is 3.64. The number of methoxy groups -OCH3 is 1. The van der Waals surface area contributed by atoms with Crippen LogP contribution in [0.25, 0.3) is 0 Å². The summed E-state index contributed by atoms with van der Waals surface area (Å²) in [7, 11) is 1.75. The Labute approximate surface area is 182 Å². The lowest BCUT2D eigenvalue weighted by molar-refractivity contribution is -0.112. The molecule has 0 amide bonds. The van der Waals surface area contributed by atoms with Crippen molar-refractivity contribution in [2.45, 2.75) is 89.7 Å². The van der Waals surface area contributed by atoms with Gasteiger partial charge in [-0.1, -0.05) is 12.1 Å². The van der Waals surface area contributed by atoms with Crippen molar-refractivity contribution in [1.29, 1.82) is 0 Å². The van der Waals surface area contributed by atoms with Crippen molar-refractivity contribution in [3.05, 3.63) is 12.4 Å². The smallest absolute Gasteiger partial charge is 0.0692 e. The second kappa shape index (κ2) is 8.20. The van der Waals surface area contributed by atoms with Crippen molar-refractivity contribution in [3.8, 4) is 0 Å². The van der Waals surface area contributed by atoms with Crippen LogP contribution >= 0.6 is 0 Å². The Hall–Kier alpha value is -0.940. The molecular formula is C25H41N3O2. The monoisotopic (exact) mass is 415 g/mol. The highest BCUT2D eigenvalue weighted by Crippen LogP contribution is 2.65. The van der Waals surface area contributed by atoms with Gasteiger partial charge < -0.3 is 9.84 Å². The zero-order chi connectivity index (χ0) is 20.8. The molecule has 0 unspecified atom stereocenters. The third-order valence-electron chi connectivity index (χ3n) is 10.3. The number of aliphatic hydroxyl groups is 1. The number of ether oxygens (including phenoxy) is 1. The maximum absolute atomic E-state index is 11.1. The minimum absolute atomic E-state index is 0.465. The molecule has 0 bridgehead atoms. The summed E-state index contributed by atoms with van der Waals surface area (Å²) >= 11 is 0. The topological polar surface area (TPSA) is 60.2 Å². The van der Waals surface area contributed by atoms with Crippen molar-refractivity contribution < 1.29 is 9.84 Å². The molecule has 0 saturated heterocycles. The van der Waals surface area contributed by atoms with E-state index in [4.69, 9.17) is 4.74 Å². The Morgan fingerprint density at radius 3 is 2.73 bits per heavy atom. The molecule has 5 heteroatoms. The Bertz CT molecular complexity index is 709. The molecule has 30 heavy (non-hydrogen) atoms. The molecule has 0 radical (unpaired) electrons. The molecule has 8 atom stereocenters. The lowest BCUT2D eigenvalue weighted by Gasteiger charge is -2.57. The molecule has 5 nitrogen and oxygen atoms in total. The van der Waals surface area contributed by atoms with E-state index in [-0.39, 0.29) is 0 Å². The van der Waals surface area contributed by atoms with Gasteiger partial charge >= 0.3 is 0 Å². The van der Waals surface area contributed by atoms with E-state index >= 15 is 0 Å². The number of fused-ring (bicyclic) bond motifs is 5. The molecule has 0 aliphatic heterocycles. The van der Waals surface area contributed by atoms with Gasteiger partial charge in [0.05, 0.1) is 11.8 Å². The maximum Gasteiger partial charge on any atom is 0.0692 e. The minimum Gasteiger partial charge on any atom is -0.390 e. The van der Waals surface area contributed by atoms with E-state index in [0.717, 1.165) is 61.3 Å². The first-order chi connectivity index (χ1) is 14.5. The van der Waals surface area contributed by atoms with Gasteiger partial charge in [0, 0.05) is 26.5 Å². The predicted octanol–water partition coefficient (Wildman–Crippen LogP) is 4.70. The zero-order valence-electron chi connectivity index (χ0n) is 19.0. The summed E-state index contributed by atoms with van der Waals surface area (Å²) in [6.45, 7) is 4.34. The Morgan fingerprint density at radius 1 is 1.07 bits per heavy atom. The van der Waals surface area contributed by atoms with E-state index in [9.17, 15) is 5.11 Å². The molecule has 0 spiro atoms. The Morgan fingerprint density at radius 2 is 1.93 bits per heavy atom. The van der Waals surface area contributed by atoms with Gasteiger partial charge in [0.2, 0.25) is 0 Å². The number of rotatable bonds is 6. The van der Waals surface area contributed by atoms with Crippen LogP contribution in [0.2, 0.25) is 0 Å². The highest BCUT2D eigenvalue weighted by Gasteiger charge is 2.57. The molecule has 4 saturated carbocycles.